The van der Waals surface area contributed by atoms with Gasteiger partial charge in [-0.1, -0.05) is 23.7 Å². The molecule has 1 fully saturated rings. The fraction of sp³-hybridized carbons (Fsp3) is 0.294. The van der Waals surface area contributed by atoms with E-state index < -0.39 is 0 Å². The van der Waals surface area contributed by atoms with E-state index in [1.165, 1.54) is 0 Å². The first kappa shape index (κ1) is 16.5. The topological polar surface area (TPSA) is 70.4 Å². The zero-order chi connectivity index (χ0) is 16.9. The Kier molecular flexibility index (Phi) is 5.17. The number of piperazine rings is 1. The first-order valence-electron chi connectivity index (χ1n) is 7.86. The summed E-state index contributed by atoms with van der Waals surface area (Å²) >= 11 is 5.88. The summed E-state index contributed by atoms with van der Waals surface area (Å²) in [4.78, 5) is 13.2. The molecule has 0 bridgehead atoms. The van der Waals surface area contributed by atoms with Crippen molar-refractivity contribution in [2.45, 2.75) is 6.54 Å². The maximum Gasteiger partial charge on any atom is 0.292 e. The molecule has 0 atom stereocenters. The third-order valence-electron chi connectivity index (χ3n) is 4.06. The minimum Gasteiger partial charge on any atom is -0.375 e. The van der Waals surface area contributed by atoms with Gasteiger partial charge in [0.05, 0.1) is 4.92 Å². The number of anilines is 2. The summed E-state index contributed by atoms with van der Waals surface area (Å²) < 4.78 is 0. The maximum atomic E-state index is 11.3. The Morgan fingerprint density at radius 3 is 2.54 bits per heavy atom. The van der Waals surface area contributed by atoms with Gasteiger partial charge >= 0.3 is 0 Å². The van der Waals surface area contributed by atoms with Gasteiger partial charge in [-0.05, 0) is 29.8 Å². The van der Waals surface area contributed by atoms with Gasteiger partial charge in [0.15, 0.2) is 0 Å². The average Bonchev–Trinajstić information content (AvgIpc) is 2.61. The van der Waals surface area contributed by atoms with Crippen molar-refractivity contribution in [2.24, 2.45) is 0 Å². The molecule has 6 nitrogen and oxygen atoms in total. The van der Waals surface area contributed by atoms with Crippen LogP contribution < -0.4 is 15.5 Å². The van der Waals surface area contributed by atoms with E-state index in [0.29, 0.717) is 17.3 Å². The zero-order valence-electron chi connectivity index (χ0n) is 13.2. The van der Waals surface area contributed by atoms with Crippen molar-refractivity contribution < 1.29 is 4.92 Å². The maximum absolute atomic E-state index is 11.3. The van der Waals surface area contributed by atoms with E-state index >= 15 is 0 Å². The molecular weight excluding hydrogens is 328 g/mol. The molecule has 0 saturated carbocycles. The predicted octanol–water partition coefficient (Wildman–Crippen LogP) is 3.27. The Hall–Kier alpha value is -2.31. The van der Waals surface area contributed by atoms with Crippen molar-refractivity contribution in [3.05, 3.63) is 63.2 Å². The zero-order valence-corrected chi connectivity index (χ0v) is 13.9. The molecule has 1 aliphatic heterocycles. The second-order valence-electron chi connectivity index (χ2n) is 5.68. The number of nitro benzene ring substituents is 1. The largest absolute Gasteiger partial charge is 0.375 e. The van der Waals surface area contributed by atoms with E-state index in [1.807, 2.05) is 36.4 Å². The van der Waals surface area contributed by atoms with Crippen LogP contribution >= 0.6 is 11.6 Å². The van der Waals surface area contributed by atoms with Crippen molar-refractivity contribution in [3.63, 3.8) is 0 Å². The smallest absolute Gasteiger partial charge is 0.292 e. The number of benzene rings is 2. The lowest BCUT2D eigenvalue weighted by Crippen LogP contribution is -2.43. The van der Waals surface area contributed by atoms with Crippen LogP contribution in [0.5, 0.6) is 0 Å². The third-order valence-corrected chi connectivity index (χ3v) is 4.31. The Labute approximate surface area is 145 Å². The molecule has 0 spiro atoms. The van der Waals surface area contributed by atoms with Crippen molar-refractivity contribution in [1.29, 1.82) is 0 Å². The molecule has 0 aromatic heterocycles. The number of hydrogen-bond donors (Lipinski definition) is 2. The van der Waals surface area contributed by atoms with Crippen LogP contribution in [-0.2, 0) is 6.54 Å². The first-order chi connectivity index (χ1) is 11.6. The molecule has 2 aromatic rings. The number of hydrogen-bond acceptors (Lipinski definition) is 5. The molecule has 7 heteroatoms. The molecule has 24 heavy (non-hydrogen) atoms. The van der Waals surface area contributed by atoms with Crippen LogP contribution in [0.15, 0.2) is 42.5 Å². The fourth-order valence-corrected chi connectivity index (χ4v) is 2.87. The SMILES string of the molecule is O=[N+]([O-])c1ccc(N2CCNCC2)cc1NCc1ccc(Cl)cc1. The van der Waals surface area contributed by atoms with Gasteiger partial charge < -0.3 is 15.5 Å². The minimum absolute atomic E-state index is 0.0860. The van der Waals surface area contributed by atoms with E-state index in [2.05, 4.69) is 15.5 Å². The van der Waals surface area contributed by atoms with Crippen LogP contribution in [-0.4, -0.2) is 31.1 Å². The van der Waals surface area contributed by atoms with Crippen LogP contribution in [0, 0.1) is 10.1 Å². The Morgan fingerprint density at radius 2 is 1.88 bits per heavy atom. The number of nitro groups is 1. The highest BCUT2D eigenvalue weighted by Gasteiger charge is 2.17. The van der Waals surface area contributed by atoms with Gasteiger partial charge in [-0.3, -0.25) is 10.1 Å². The lowest BCUT2D eigenvalue weighted by molar-refractivity contribution is -0.384. The van der Waals surface area contributed by atoms with Crippen LogP contribution in [0.4, 0.5) is 17.1 Å². The number of nitrogens with zero attached hydrogens (tertiary/aromatic N) is 2. The average molecular weight is 347 g/mol. The lowest BCUT2D eigenvalue weighted by atomic mass is 10.2. The van der Waals surface area contributed by atoms with E-state index in [9.17, 15) is 10.1 Å². The molecule has 2 N–H and O–H groups in total. The fourth-order valence-electron chi connectivity index (χ4n) is 2.74. The molecule has 1 saturated heterocycles. The monoisotopic (exact) mass is 346 g/mol. The highest BCUT2D eigenvalue weighted by atomic mass is 35.5. The quantitative estimate of drug-likeness (QED) is 0.642. The summed E-state index contributed by atoms with van der Waals surface area (Å²) in [6, 6.07) is 12.7. The van der Waals surface area contributed by atoms with Crippen molar-refractivity contribution in [3.8, 4) is 0 Å². The standard InChI is InChI=1S/C17H19ClN4O2/c18-14-3-1-13(2-4-14)12-20-16-11-15(5-6-17(16)22(23)24)21-9-7-19-8-10-21/h1-6,11,19-20H,7-10,12H2. The van der Waals surface area contributed by atoms with Gasteiger partial charge in [-0.15, -0.1) is 0 Å². The second-order valence-corrected chi connectivity index (χ2v) is 6.11. The summed E-state index contributed by atoms with van der Waals surface area (Å²) in [6.45, 7) is 4.14. The number of halogens is 1. The highest BCUT2D eigenvalue weighted by molar-refractivity contribution is 6.30. The summed E-state index contributed by atoms with van der Waals surface area (Å²) in [5, 5.41) is 18.4. The van der Waals surface area contributed by atoms with Gasteiger partial charge in [-0.2, -0.15) is 0 Å². The summed E-state index contributed by atoms with van der Waals surface area (Å²) in [5.41, 5.74) is 2.64. The molecule has 0 unspecified atom stereocenters. The van der Waals surface area contributed by atoms with Crippen LogP contribution in [0.3, 0.4) is 0 Å². The molecule has 1 aliphatic rings. The Bertz CT molecular complexity index is 715. The molecule has 0 amide bonds. The van der Waals surface area contributed by atoms with Crippen molar-refractivity contribution >= 4 is 28.7 Å². The predicted molar refractivity (Wildman–Crippen MR) is 97.0 cm³/mol. The van der Waals surface area contributed by atoms with Crippen LogP contribution in [0.1, 0.15) is 5.56 Å². The van der Waals surface area contributed by atoms with E-state index in [0.717, 1.165) is 37.4 Å². The summed E-state index contributed by atoms with van der Waals surface area (Å²) in [5.74, 6) is 0. The number of rotatable bonds is 5. The highest BCUT2D eigenvalue weighted by Crippen LogP contribution is 2.30. The molecule has 2 aromatic carbocycles. The van der Waals surface area contributed by atoms with Gasteiger partial charge in [0.25, 0.3) is 5.69 Å². The molecule has 126 valence electrons. The molecular formula is C17H19ClN4O2. The minimum atomic E-state index is -0.355. The van der Waals surface area contributed by atoms with Crippen LogP contribution in [0.2, 0.25) is 5.02 Å². The Morgan fingerprint density at radius 1 is 1.17 bits per heavy atom. The van der Waals surface area contributed by atoms with Gasteiger partial charge in [0.1, 0.15) is 5.69 Å². The third kappa shape index (κ3) is 3.96. The Balaban J connectivity index is 1.80. The molecule has 0 radical (unpaired) electrons. The lowest BCUT2D eigenvalue weighted by Gasteiger charge is -2.29. The van der Waals surface area contributed by atoms with E-state index in [-0.39, 0.29) is 10.6 Å². The molecule has 3 rings (SSSR count). The first-order valence-corrected chi connectivity index (χ1v) is 8.24. The van der Waals surface area contributed by atoms with Gasteiger partial charge in [-0.25, -0.2) is 0 Å². The second kappa shape index (κ2) is 7.51. The molecule has 0 aliphatic carbocycles. The van der Waals surface area contributed by atoms with Crippen molar-refractivity contribution in [1.82, 2.24) is 5.32 Å². The summed E-state index contributed by atoms with van der Waals surface area (Å²) in [7, 11) is 0. The van der Waals surface area contributed by atoms with E-state index in [1.54, 1.807) is 6.07 Å². The summed E-state index contributed by atoms with van der Waals surface area (Å²) in [6.07, 6.45) is 0. The van der Waals surface area contributed by atoms with Gasteiger partial charge in [0.2, 0.25) is 0 Å². The molecule has 1 heterocycles. The van der Waals surface area contributed by atoms with Crippen LogP contribution in [0.25, 0.3) is 0 Å². The normalized spacial score (nSPS) is 14.5. The van der Waals surface area contributed by atoms with Gasteiger partial charge in [0, 0.05) is 49.5 Å². The van der Waals surface area contributed by atoms with E-state index in [4.69, 9.17) is 11.6 Å². The van der Waals surface area contributed by atoms with Crippen molar-refractivity contribution in [2.75, 3.05) is 36.4 Å². The number of nitrogens with one attached hydrogen (secondary N) is 2.